The molecule has 3 aliphatic carbocycles. The van der Waals surface area contributed by atoms with Crippen LogP contribution in [0.5, 0.6) is 17.6 Å². The van der Waals surface area contributed by atoms with Gasteiger partial charge >= 0.3 is 6.09 Å². The normalized spacial score (nSPS) is 19.9. The van der Waals surface area contributed by atoms with Crippen molar-refractivity contribution in [2.45, 2.75) is 139 Å². The van der Waals surface area contributed by atoms with E-state index in [1.54, 1.807) is 70.9 Å². The van der Waals surface area contributed by atoms with Crippen molar-refractivity contribution in [1.29, 1.82) is 0 Å². The summed E-state index contributed by atoms with van der Waals surface area (Å²) in [5, 5.41) is 18.5. The molecule has 94 heavy (non-hydrogen) atoms. The molecule has 0 unspecified atom stereocenters. The highest BCUT2D eigenvalue weighted by Gasteiger charge is 2.33. The lowest BCUT2D eigenvalue weighted by atomic mass is 10.0. The number of amides is 3. The molecule has 20 nitrogen and oxygen atoms in total. The minimum absolute atomic E-state index is 0.0695. The zero-order valence-corrected chi connectivity index (χ0v) is 53.3. The van der Waals surface area contributed by atoms with Gasteiger partial charge in [-0.15, -0.1) is 10.2 Å². The number of anilines is 3. The monoisotopic (exact) mass is 1280 g/mol. The third-order valence-corrected chi connectivity index (χ3v) is 17.9. The van der Waals surface area contributed by atoms with E-state index < -0.39 is 11.5 Å². The predicted octanol–water partition coefficient (Wildman–Crippen LogP) is 12.2. The van der Waals surface area contributed by atoms with Gasteiger partial charge < -0.3 is 54.8 Å². The molecule has 3 saturated carbocycles. The third-order valence-electron chi connectivity index (χ3n) is 17.9. The van der Waals surface area contributed by atoms with Crippen molar-refractivity contribution in [2.24, 2.45) is 5.73 Å². The van der Waals surface area contributed by atoms with Gasteiger partial charge in [0.15, 0.2) is 11.5 Å². The second kappa shape index (κ2) is 27.9. The SMILES string of the molecule is CC(C)(C)OC(=O)N1CCC[C@@H](Oc2nccc3cc(C4CC4)cc(F)c23)C1.Fc1cc(C2CC2)cc2ccnc(O[C@@H]3CCCNC3)c12.NC(=O)c1nnc(N2CCC[C@@H](Oc3nccc4cc(C5CC5)cc(F)c34)C2)nc1Nc1ccc(C(=O)N2CCOCC2)cc1. The number of piperidine rings is 3. The molecule has 4 aliphatic heterocycles. The van der Waals surface area contributed by atoms with Gasteiger partial charge in [0.05, 0.1) is 42.5 Å². The van der Waals surface area contributed by atoms with Crippen LogP contribution < -0.4 is 35.5 Å². The summed E-state index contributed by atoms with van der Waals surface area (Å²) in [6, 6.07) is 23.4. The van der Waals surface area contributed by atoms with Crippen LogP contribution in [0.1, 0.15) is 153 Å². The number of nitrogens with two attached hydrogens (primary N) is 1. The van der Waals surface area contributed by atoms with E-state index in [0.717, 1.165) is 110 Å². The summed E-state index contributed by atoms with van der Waals surface area (Å²) in [4.78, 5) is 60.2. The lowest BCUT2D eigenvalue weighted by Gasteiger charge is -2.34. The fraction of sp³-hybridized carbons (Fsp3) is 0.451. The van der Waals surface area contributed by atoms with Crippen LogP contribution in [-0.2, 0) is 9.47 Å². The summed E-state index contributed by atoms with van der Waals surface area (Å²) in [7, 11) is 0. The molecule has 4 aromatic carbocycles. The van der Waals surface area contributed by atoms with E-state index in [-0.39, 0.29) is 65.2 Å². The van der Waals surface area contributed by atoms with Crippen LogP contribution in [-0.4, -0.2) is 147 Å². The van der Waals surface area contributed by atoms with Gasteiger partial charge in [-0.2, -0.15) is 4.98 Å². The number of carbonyl (C=O) groups excluding carboxylic acids is 3. The maximum Gasteiger partial charge on any atom is 0.410 e. The molecular weight excluding hydrogens is 1210 g/mol. The number of primary amides is 1. The molecule has 3 amide bonds. The van der Waals surface area contributed by atoms with Crippen molar-refractivity contribution in [2.75, 3.05) is 75.8 Å². The maximum atomic E-state index is 15.2. The number of benzene rings is 4. The fourth-order valence-corrected chi connectivity index (χ4v) is 12.6. The van der Waals surface area contributed by atoms with Crippen LogP contribution in [0.15, 0.2) is 97.5 Å². The van der Waals surface area contributed by atoms with E-state index in [2.05, 4.69) is 46.8 Å². The number of hydrogen-bond acceptors (Lipinski definition) is 17. The van der Waals surface area contributed by atoms with Gasteiger partial charge in [-0.25, -0.2) is 32.9 Å². The fourth-order valence-electron chi connectivity index (χ4n) is 12.6. The van der Waals surface area contributed by atoms with Crippen molar-refractivity contribution in [3.05, 3.63) is 143 Å². The number of nitrogens with one attached hydrogen (secondary N) is 2. The van der Waals surface area contributed by atoms with Gasteiger partial charge in [0.2, 0.25) is 23.6 Å². The summed E-state index contributed by atoms with van der Waals surface area (Å²) in [5.41, 5.74) is 9.25. The number of nitrogens with zero attached hydrogens (tertiary/aromatic N) is 9. The van der Waals surface area contributed by atoms with Gasteiger partial charge in [-0.1, -0.05) is 18.2 Å². The van der Waals surface area contributed by atoms with Crippen LogP contribution >= 0.6 is 0 Å². The summed E-state index contributed by atoms with van der Waals surface area (Å²) in [6.45, 7) is 11.6. The molecule has 15 rings (SSSR count). The molecule has 0 bridgehead atoms. The van der Waals surface area contributed by atoms with E-state index in [1.807, 2.05) is 56.0 Å². The highest BCUT2D eigenvalue weighted by Crippen LogP contribution is 2.45. The lowest BCUT2D eigenvalue weighted by Crippen LogP contribution is -2.46. The van der Waals surface area contributed by atoms with Gasteiger partial charge in [-0.05, 0) is 216 Å². The van der Waals surface area contributed by atoms with E-state index >= 15 is 4.39 Å². The second-order valence-electron chi connectivity index (χ2n) is 26.5. The molecular formula is C71H79F3N12O8. The number of carbonyl (C=O) groups is 3. The first kappa shape index (κ1) is 63.8. The van der Waals surface area contributed by atoms with Crippen molar-refractivity contribution in [3.8, 4) is 17.6 Å². The van der Waals surface area contributed by atoms with Gasteiger partial charge in [0.25, 0.3) is 11.8 Å². The van der Waals surface area contributed by atoms with Gasteiger partial charge in [-0.3, -0.25) is 9.59 Å². The average molecular weight is 1290 g/mol. The van der Waals surface area contributed by atoms with Crippen LogP contribution in [0, 0.1) is 17.5 Å². The number of ether oxygens (including phenoxy) is 5. The highest BCUT2D eigenvalue weighted by atomic mass is 19.1. The van der Waals surface area contributed by atoms with E-state index in [0.29, 0.717) is 115 Å². The van der Waals surface area contributed by atoms with Crippen molar-refractivity contribution in [3.63, 3.8) is 0 Å². The Bertz CT molecular complexity index is 4080. The number of aromatic nitrogens is 6. The molecule has 23 heteroatoms. The molecule has 7 aliphatic rings. The molecule has 4 saturated heterocycles. The Morgan fingerprint density at radius 2 is 1.10 bits per heavy atom. The lowest BCUT2D eigenvalue weighted by molar-refractivity contribution is 0.00738. The molecule has 8 heterocycles. The Labute approximate surface area is 543 Å². The Kier molecular flexibility index (Phi) is 19.0. The smallest absolute Gasteiger partial charge is 0.410 e. The van der Waals surface area contributed by atoms with E-state index in [1.165, 1.54) is 12.8 Å². The predicted molar refractivity (Wildman–Crippen MR) is 350 cm³/mol. The Balaban J connectivity index is 0.000000139. The number of likely N-dealkylation sites (tertiary alicyclic amines) is 1. The summed E-state index contributed by atoms with van der Waals surface area (Å²) >= 11 is 0. The Morgan fingerprint density at radius 3 is 1.59 bits per heavy atom. The Hall–Kier alpha value is -8.96. The molecule has 8 aromatic rings. The zero-order valence-electron chi connectivity index (χ0n) is 53.3. The molecule has 0 radical (unpaired) electrons. The zero-order chi connectivity index (χ0) is 65.0. The highest BCUT2D eigenvalue weighted by molar-refractivity contribution is 5.97. The molecule has 492 valence electrons. The summed E-state index contributed by atoms with van der Waals surface area (Å²) < 4.78 is 73.7. The average Bonchev–Trinajstić information content (AvgIpc) is 1.75. The van der Waals surface area contributed by atoms with Crippen molar-refractivity contribution in [1.82, 2.24) is 45.2 Å². The van der Waals surface area contributed by atoms with Gasteiger partial charge in [0, 0.05) is 62.6 Å². The first-order chi connectivity index (χ1) is 45.5. The standard InChI is InChI=1S/C32H33FN8O4.C22H27FN2O3.C17H19FN2O/c33-25-17-22(19-3-4-19)16-21-9-10-35-30(26(21)25)45-24-2-1-11-41(18-24)32-37-29(27(28(34)42)38-39-32)36-23-7-5-20(6-8-23)31(43)40-12-14-44-15-13-40;1-22(2,3)28-21(26)25-10-4-5-17(13-25)27-20-19-15(8-9-24-20)11-16(12-18(19)23)14-6-7-14;18-15-9-13(11-3-4-11)8-12-5-7-20-17(16(12)15)21-14-2-1-6-19-10-14/h5-10,16-17,19,24H,1-4,11-15,18H2,(H2,34,42)(H,36,37,39);8-9,11-12,14,17H,4-7,10,13H2,1-3H3;5,7-9,11,14,19H,1-4,6,10H2/t24-;17-;14-/m111/s1. The number of fused-ring (bicyclic) bond motifs is 3. The summed E-state index contributed by atoms with van der Waals surface area (Å²) in [5.74, 6) is 1.23. The largest absolute Gasteiger partial charge is 0.472 e. The van der Waals surface area contributed by atoms with Crippen LogP contribution in [0.2, 0.25) is 0 Å². The number of halogens is 3. The topological polar surface area (TPSA) is 234 Å². The molecule has 4 N–H and O–H groups in total. The first-order valence-corrected chi connectivity index (χ1v) is 33.0. The van der Waals surface area contributed by atoms with Crippen LogP contribution in [0.3, 0.4) is 0 Å². The maximum absolute atomic E-state index is 15.2. The third kappa shape index (κ3) is 15.5. The molecule has 7 fully saturated rings. The first-order valence-electron chi connectivity index (χ1n) is 33.0. The minimum atomic E-state index is -0.781. The van der Waals surface area contributed by atoms with Crippen LogP contribution in [0.4, 0.5) is 35.4 Å². The number of morpholine rings is 1. The minimum Gasteiger partial charge on any atom is -0.472 e. The quantitative estimate of drug-likeness (QED) is 0.0918. The van der Waals surface area contributed by atoms with Gasteiger partial charge in [0.1, 0.15) is 41.4 Å². The van der Waals surface area contributed by atoms with Crippen molar-refractivity contribution < 1.29 is 51.2 Å². The number of pyridine rings is 3. The molecule has 0 spiro atoms. The van der Waals surface area contributed by atoms with Crippen LogP contribution in [0.25, 0.3) is 32.3 Å². The van der Waals surface area contributed by atoms with Crippen molar-refractivity contribution >= 4 is 67.7 Å². The number of hydrogen-bond donors (Lipinski definition) is 3. The Morgan fingerprint density at radius 1 is 0.596 bits per heavy atom. The summed E-state index contributed by atoms with van der Waals surface area (Å²) in [6.07, 6.45) is 16.2. The molecule has 3 atom stereocenters. The second-order valence-corrected chi connectivity index (χ2v) is 26.5. The van der Waals surface area contributed by atoms with E-state index in [9.17, 15) is 23.2 Å². The van der Waals surface area contributed by atoms with E-state index in [4.69, 9.17) is 29.4 Å². The number of rotatable bonds is 14. The molecule has 4 aromatic heterocycles.